The molecule has 2 aromatic rings. The van der Waals surface area contributed by atoms with Gasteiger partial charge in [0, 0.05) is 17.7 Å². The third kappa shape index (κ3) is 4.64. The van der Waals surface area contributed by atoms with E-state index in [-0.39, 0.29) is 17.9 Å². The fraction of sp³-hybridized carbons (Fsp3) is 0.176. The van der Waals surface area contributed by atoms with Crippen LogP contribution < -0.4 is 5.32 Å². The van der Waals surface area contributed by atoms with Crippen LogP contribution in [0.4, 0.5) is 10.5 Å². The first-order valence-corrected chi connectivity index (χ1v) is 7.15. The van der Waals surface area contributed by atoms with Gasteiger partial charge in [-0.2, -0.15) is 0 Å². The standard InChI is InChI=1S/C17H15N2O5/c1-12(16(20)14-8-5-9-15(10-14)19(22)23)18-17(21)24-11-13-6-3-2-4-7-13/h2-7,9-10,12H,11H2,1H3,(H,18,21)/t12-/m0/s1. The number of non-ortho nitro benzene ring substituents is 1. The molecule has 123 valence electrons. The first-order chi connectivity index (χ1) is 11.5. The highest BCUT2D eigenvalue weighted by molar-refractivity contribution is 6.01. The van der Waals surface area contributed by atoms with Crippen LogP contribution in [0.1, 0.15) is 22.8 Å². The average molecular weight is 327 g/mol. The average Bonchev–Trinajstić information content (AvgIpc) is 2.60. The van der Waals surface area contributed by atoms with Gasteiger partial charge < -0.3 is 10.1 Å². The monoisotopic (exact) mass is 327 g/mol. The second-order valence-corrected chi connectivity index (χ2v) is 5.01. The molecule has 1 radical (unpaired) electrons. The van der Waals surface area contributed by atoms with E-state index in [0.717, 1.165) is 11.6 Å². The molecule has 2 rings (SSSR count). The number of ether oxygens (including phenoxy) is 1. The minimum atomic E-state index is -0.897. The molecular formula is C17H15N2O5. The second kappa shape index (κ2) is 7.87. The van der Waals surface area contributed by atoms with Gasteiger partial charge >= 0.3 is 6.09 Å². The van der Waals surface area contributed by atoms with E-state index in [1.807, 2.05) is 18.2 Å². The van der Waals surface area contributed by atoms with Crippen LogP contribution in [0.2, 0.25) is 0 Å². The molecular weight excluding hydrogens is 312 g/mol. The van der Waals surface area contributed by atoms with Crippen LogP contribution in [0.15, 0.2) is 48.5 Å². The minimum Gasteiger partial charge on any atom is -0.445 e. The number of nitro groups is 1. The number of alkyl carbamates (subject to hydrolysis) is 1. The lowest BCUT2D eigenvalue weighted by Crippen LogP contribution is -2.38. The van der Waals surface area contributed by atoms with Gasteiger partial charge in [0.15, 0.2) is 5.78 Å². The van der Waals surface area contributed by atoms with Gasteiger partial charge in [-0.15, -0.1) is 0 Å². The fourth-order valence-corrected chi connectivity index (χ4v) is 1.95. The lowest BCUT2D eigenvalue weighted by Gasteiger charge is -2.13. The zero-order chi connectivity index (χ0) is 17.5. The molecule has 2 aromatic carbocycles. The zero-order valence-corrected chi connectivity index (χ0v) is 12.9. The van der Waals surface area contributed by atoms with Crippen molar-refractivity contribution in [1.82, 2.24) is 5.32 Å². The number of nitrogens with one attached hydrogen (secondary N) is 1. The van der Waals surface area contributed by atoms with Crippen molar-refractivity contribution in [1.29, 1.82) is 0 Å². The molecule has 1 amide bonds. The molecule has 0 bridgehead atoms. The van der Waals surface area contributed by atoms with Crippen molar-refractivity contribution in [3.05, 3.63) is 75.8 Å². The van der Waals surface area contributed by atoms with Gasteiger partial charge in [0.05, 0.1) is 11.0 Å². The Balaban J connectivity index is 1.92. The van der Waals surface area contributed by atoms with Crippen LogP contribution in [0.5, 0.6) is 0 Å². The van der Waals surface area contributed by atoms with Crippen molar-refractivity contribution in [2.75, 3.05) is 0 Å². The summed E-state index contributed by atoms with van der Waals surface area (Å²) in [6, 6.07) is 14.5. The summed E-state index contributed by atoms with van der Waals surface area (Å²) in [5.41, 5.74) is 0.634. The zero-order valence-electron chi connectivity index (χ0n) is 12.9. The van der Waals surface area contributed by atoms with E-state index in [1.165, 1.54) is 19.1 Å². The number of benzene rings is 2. The summed E-state index contributed by atoms with van der Waals surface area (Å²) in [6.07, 6.45) is -0.745. The normalized spacial score (nSPS) is 11.4. The molecule has 0 aliphatic rings. The summed E-state index contributed by atoms with van der Waals surface area (Å²) in [5, 5.41) is 13.1. The Kier molecular flexibility index (Phi) is 5.62. The molecule has 24 heavy (non-hydrogen) atoms. The molecule has 0 spiro atoms. The van der Waals surface area contributed by atoms with Gasteiger partial charge in [-0.3, -0.25) is 14.9 Å². The van der Waals surface area contributed by atoms with E-state index in [2.05, 4.69) is 11.4 Å². The highest BCUT2D eigenvalue weighted by atomic mass is 16.6. The predicted octanol–water partition coefficient (Wildman–Crippen LogP) is 2.89. The molecule has 0 aliphatic heterocycles. The predicted molar refractivity (Wildman–Crippen MR) is 85.5 cm³/mol. The van der Waals surface area contributed by atoms with E-state index < -0.39 is 22.8 Å². The number of carbonyl (C=O) groups excluding carboxylic acids is 2. The molecule has 0 saturated carbocycles. The Labute approximate surface area is 138 Å². The first-order valence-electron chi connectivity index (χ1n) is 7.15. The molecule has 0 aromatic heterocycles. The van der Waals surface area contributed by atoms with Crippen LogP contribution >= 0.6 is 0 Å². The SMILES string of the molecule is C[C@H](NC(=O)OCc1ccccc1)C(=O)c1[c]ccc([N+](=O)[O-])c1. The van der Waals surface area contributed by atoms with E-state index in [4.69, 9.17) is 4.74 Å². The van der Waals surface area contributed by atoms with E-state index >= 15 is 0 Å². The van der Waals surface area contributed by atoms with Gasteiger partial charge in [0.1, 0.15) is 6.61 Å². The van der Waals surface area contributed by atoms with Crippen LogP contribution in [0, 0.1) is 16.2 Å². The molecule has 1 atom stereocenters. The highest BCUT2D eigenvalue weighted by Crippen LogP contribution is 2.14. The summed E-state index contributed by atoms with van der Waals surface area (Å²) < 4.78 is 5.03. The fourth-order valence-electron chi connectivity index (χ4n) is 1.95. The maximum absolute atomic E-state index is 12.2. The van der Waals surface area contributed by atoms with E-state index in [1.54, 1.807) is 12.1 Å². The van der Waals surface area contributed by atoms with Crippen LogP contribution in [-0.2, 0) is 11.3 Å². The van der Waals surface area contributed by atoms with E-state index in [9.17, 15) is 19.7 Å². The smallest absolute Gasteiger partial charge is 0.408 e. The third-order valence-electron chi connectivity index (χ3n) is 3.20. The molecule has 0 saturated heterocycles. The summed E-state index contributed by atoms with van der Waals surface area (Å²) in [5.74, 6) is -0.490. The van der Waals surface area contributed by atoms with Crippen molar-refractivity contribution in [2.45, 2.75) is 19.6 Å². The highest BCUT2D eigenvalue weighted by Gasteiger charge is 2.20. The van der Waals surface area contributed by atoms with Crippen molar-refractivity contribution in [2.24, 2.45) is 0 Å². The van der Waals surface area contributed by atoms with Crippen LogP contribution in [0.25, 0.3) is 0 Å². The summed E-state index contributed by atoms with van der Waals surface area (Å²) in [6.45, 7) is 1.55. The van der Waals surface area contributed by atoms with Crippen molar-refractivity contribution >= 4 is 17.6 Å². The first kappa shape index (κ1) is 17.1. The number of nitro benzene ring substituents is 1. The minimum absolute atomic E-state index is 0.0278. The number of ketones is 1. The lowest BCUT2D eigenvalue weighted by molar-refractivity contribution is -0.384. The number of Topliss-reactive ketones (excluding diaryl/α,β-unsaturated/α-hetero) is 1. The Morgan fingerprint density at radius 1 is 1.29 bits per heavy atom. The maximum Gasteiger partial charge on any atom is 0.408 e. The number of nitrogens with zero attached hydrogens (tertiary/aromatic N) is 1. The Morgan fingerprint density at radius 3 is 2.67 bits per heavy atom. The summed E-state index contributed by atoms with van der Waals surface area (Å²) >= 11 is 0. The Hall–Kier alpha value is -3.22. The number of rotatable bonds is 6. The summed E-state index contributed by atoms with van der Waals surface area (Å²) in [4.78, 5) is 34.1. The Morgan fingerprint density at radius 2 is 2.00 bits per heavy atom. The molecule has 0 unspecified atom stereocenters. The van der Waals surface area contributed by atoms with Crippen LogP contribution in [-0.4, -0.2) is 22.8 Å². The molecule has 1 N–H and O–H groups in total. The number of hydrogen-bond acceptors (Lipinski definition) is 5. The van der Waals surface area contributed by atoms with Crippen molar-refractivity contribution < 1.29 is 19.2 Å². The largest absolute Gasteiger partial charge is 0.445 e. The van der Waals surface area contributed by atoms with Crippen LogP contribution in [0.3, 0.4) is 0 Å². The molecule has 0 heterocycles. The third-order valence-corrected chi connectivity index (χ3v) is 3.20. The summed E-state index contributed by atoms with van der Waals surface area (Å²) in [7, 11) is 0. The quantitative estimate of drug-likeness (QED) is 0.500. The molecule has 0 aliphatic carbocycles. The Bertz CT molecular complexity index is 746. The van der Waals surface area contributed by atoms with Crippen molar-refractivity contribution in [3.8, 4) is 0 Å². The van der Waals surface area contributed by atoms with Crippen molar-refractivity contribution in [3.63, 3.8) is 0 Å². The second-order valence-electron chi connectivity index (χ2n) is 5.01. The lowest BCUT2D eigenvalue weighted by atomic mass is 10.1. The molecule has 7 nitrogen and oxygen atoms in total. The van der Waals surface area contributed by atoms with Gasteiger partial charge in [0.25, 0.3) is 5.69 Å². The van der Waals surface area contributed by atoms with Gasteiger partial charge in [-0.1, -0.05) is 30.3 Å². The number of hydrogen-bond donors (Lipinski definition) is 1. The molecule has 7 heteroatoms. The van der Waals surface area contributed by atoms with E-state index in [0.29, 0.717) is 0 Å². The van der Waals surface area contributed by atoms with Gasteiger partial charge in [0.2, 0.25) is 0 Å². The number of amides is 1. The van der Waals surface area contributed by atoms with Gasteiger partial charge in [-0.25, -0.2) is 4.79 Å². The molecule has 0 fully saturated rings. The topological polar surface area (TPSA) is 98.5 Å². The number of carbonyl (C=O) groups is 2. The van der Waals surface area contributed by atoms with Gasteiger partial charge in [-0.05, 0) is 24.6 Å². The maximum atomic E-state index is 12.2.